The smallest absolute Gasteiger partial charge is 0.335 e. The zero-order valence-electron chi connectivity index (χ0n) is 13.0. The number of rotatable bonds is 4. The van der Waals surface area contributed by atoms with E-state index in [1.807, 2.05) is 30.3 Å². The highest BCUT2D eigenvalue weighted by atomic mass is 16.2. The molecule has 2 amide bonds. The number of nitrogens with zero attached hydrogens (tertiary/aromatic N) is 3. The summed E-state index contributed by atoms with van der Waals surface area (Å²) < 4.78 is 2.92. The van der Waals surface area contributed by atoms with E-state index >= 15 is 0 Å². The number of carbonyl (C=O) groups excluding carboxylic acids is 1. The lowest BCUT2D eigenvalue weighted by molar-refractivity contribution is 0.251. The van der Waals surface area contributed by atoms with Gasteiger partial charge in [0.2, 0.25) is 0 Å². The van der Waals surface area contributed by atoms with Gasteiger partial charge in [0.1, 0.15) is 0 Å². The fourth-order valence-corrected chi connectivity index (χ4v) is 2.57. The summed E-state index contributed by atoms with van der Waals surface area (Å²) in [6.45, 7) is 0.347. The first kappa shape index (κ1) is 14.5. The molecule has 7 nitrogen and oxygen atoms in total. The number of hydrogen-bond acceptors (Lipinski definition) is 3. The molecular formula is C17H17N5O2. The van der Waals surface area contributed by atoms with E-state index in [0.29, 0.717) is 23.9 Å². The predicted molar refractivity (Wildman–Crippen MR) is 90.2 cm³/mol. The summed E-state index contributed by atoms with van der Waals surface area (Å²) in [5.74, 6) is 0. The molecule has 0 atom stereocenters. The third-order valence-electron chi connectivity index (χ3n) is 3.92. The largest absolute Gasteiger partial charge is 0.350 e. The van der Waals surface area contributed by atoms with Crippen LogP contribution in [0.5, 0.6) is 0 Å². The minimum absolute atomic E-state index is 0.185. The second-order valence-electron chi connectivity index (χ2n) is 5.94. The highest BCUT2D eigenvalue weighted by molar-refractivity contribution is 5.89. The van der Waals surface area contributed by atoms with E-state index in [4.69, 9.17) is 0 Å². The Labute approximate surface area is 137 Å². The maximum atomic E-state index is 12.3. The molecule has 1 saturated carbocycles. The van der Waals surface area contributed by atoms with Crippen LogP contribution >= 0.6 is 0 Å². The summed E-state index contributed by atoms with van der Waals surface area (Å²) in [4.78, 5) is 24.1. The van der Waals surface area contributed by atoms with Gasteiger partial charge in [-0.3, -0.25) is 4.40 Å². The van der Waals surface area contributed by atoms with Crippen LogP contribution in [0.1, 0.15) is 18.4 Å². The average Bonchev–Trinajstić information content (AvgIpc) is 3.32. The second kappa shape index (κ2) is 5.84. The van der Waals surface area contributed by atoms with E-state index in [1.165, 1.54) is 9.08 Å². The highest BCUT2D eigenvalue weighted by Gasteiger charge is 2.23. The SMILES string of the molecule is O=C(Nc1cccc(Cn2nc3ccccn3c2=O)c1)NC1CC1. The topological polar surface area (TPSA) is 80.4 Å². The third-order valence-corrected chi connectivity index (χ3v) is 3.92. The van der Waals surface area contributed by atoms with Gasteiger partial charge in [-0.1, -0.05) is 18.2 Å². The Hall–Kier alpha value is -3.09. The molecule has 0 spiro atoms. The first-order valence-corrected chi connectivity index (χ1v) is 7.90. The molecule has 0 aliphatic heterocycles. The molecule has 0 unspecified atom stereocenters. The van der Waals surface area contributed by atoms with Crippen molar-refractivity contribution in [1.29, 1.82) is 0 Å². The summed E-state index contributed by atoms with van der Waals surface area (Å²) in [5.41, 5.74) is 2.02. The number of urea groups is 1. The highest BCUT2D eigenvalue weighted by Crippen LogP contribution is 2.19. The average molecular weight is 323 g/mol. The first-order chi connectivity index (χ1) is 11.7. The van der Waals surface area contributed by atoms with Crippen LogP contribution in [-0.2, 0) is 6.54 Å². The van der Waals surface area contributed by atoms with E-state index in [2.05, 4.69) is 15.7 Å². The number of anilines is 1. The van der Waals surface area contributed by atoms with Crippen molar-refractivity contribution in [2.45, 2.75) is 25.4 Å². The van der Waals surface area contributed by atoms with Crippen LogP contribution in [0, 0.1) is 0 Å². The molecule has 2 aromatic heterocycles. The fraction of sp³-hybridized carbons (Fsp3) is 0.235. The summed E-state index contributed by atoms with van der Waals surface area (Å²) in [6.07, 6.45) is 3.79. The van der Waals surface area contributed by atoms with Gasteiger partial charge >= 0.3 is 11.7 Å². The van der Waals surface area contributed by atoms with Gasteiger partial charge in [-0.05, 0) is 42.7 Å². The van der Waals surface area contributed by atoms with Crippen LogP contribution in [0.4, 0.5) is 10.5 Å². The lowest BCUT2D eigenvalue weighted by Crippen LogP contribution is -2.30. The molecule has 1 aromatic carbocycles. The van der Waals surface area contributed by atoms with Crippen LogP contribution in [0.2, 0.25) is 0 Å². The molecule has 24 heavy (non-hydrogen) atoms. The number of benzene rings is 1. The molecule has 4 rings (SSSR count). The van der Waals surface area contributed by atoms with Crippen LogP contribution in [-0.4, -0.2) is 26.3 Å². The Bertz CT molecular complexity index is 955. The predicted octanol–water partition coefficient (Wildman–Crippen LogP) is 1.83. The van der Waals surface area contributed by atoms with Crippen molar-refractivity contribution in [3.05, 3.63) is 64.7 Å². The van der Waals surface area contributed by atoms with E-state index in [1.54, 1.807) is 18.3 Å². The van der Waals surface area contributed by atoms with Crippen molar-refractivity contribution in [3.8, 4) is 0 Å². The zero-order chi connectivity index (χ0) is 16.5. The number of nitrogens with one attached hydrogen (secondary N) is 2. The van der Waals surface area contributed by atoms with E-state index in [0.717, 1.165) is 18.4 Å². The summed E-state index contributed by atoms with van der Waals surface area (Å²) >= 11 is 0. The third kappa shape index (κ3) is 3.01. The van der Waals surface area contributed by atoms with Crippen molar-refractivity contribution < 1.29 is 4.79 Å². The Kier molecular flexibility index (Phi) is 3.53. The molecule has 7 heteroatoms. The Morgan fingerprint density at radius 1 is 1.21 bits per heavy atom. The van der Waals surface area contributed by atoms with Crippen LogP contribution in [0.3, 0.4) is 0 Å². The summed E-state index contributed by atoms with van der Waals surface area (Å²) in [6, 6.07) is 13.0. The van der Waals surface area contributed by atoms with Gasteiger partial charge in [-0.15, -0.1) is 5.10 Å². The quantitative estimate of drug-likeness (QED) is 0.768. The maximum Gasteiger partial charge on any atom is 0.350 e. The number of pyridine rings is 1. The van der Waals surface area contributed by atoms with Crippen LogP contribution < -0.4 is 16.3 Å². The second-order valence-corrected chi connectivity index (χ2v) is 5.94. The van der Waals surface area contributed by atoms with Crippen molar-refractivity contribution in [3.63, 3.8) is 0 Å². The number of amides is 2. The minimum atomic E-state index is -0.195. The molecule has 1 aliphatic rings. The van der Waals surface area contributed by atoms with Gasteiger partial charge < -0.3 is 10.6 Å². The van der Waals surface area contributed by atoms with Gasteiger partial charge in [0, 0.05) is 17.9 Å². The Morgan fingerprint density at radius 3 is 2.88 bits per heavy atom. The molecule has 0 radical (unpaired) electrons. The first-order valence-electron chi connectivity index (χ1n) is 7.90. The summed E-state index contributed by atoms with van der Waals surface area (Å²) in [5, 5.41) is 10.0. The van der Waals surface area contributed by atoms with E-state index in [9.17, 15) is 9.59 Å². The van der Waals surface area contributed by atoms with Crippen molar-refractivity contribution >= 4 is 17.4 Å². The standard InChI is InChI=1S/C17H17N5O2/c23-16(18-13-7-8-13)19-14-5-3-4-12(10-14)11-22-17(24)21-9-2-1-6-15(21)20-22/h1-6,9-10,13H,7-8,11H2,(H2,18,19,23). The molecule has 0 saturated heterocycles. The van der Waals surface area contributed by atoms with Crippen LogP contribution in [0.15, 0.2) is 53.5 Å². The lowest BCUT2D eigenvalue weighted by Gasteiger charge is -2.08. The van der Waals surface area contributed by atoms with Gasteiger partial charge in [0.15, 0.2) is 5.65 Å². The van der Waals surface area contributed by atoms with E-state index < -0.39 is 0 Å². The molecular weight excluding hydrogens is 306 g/mol. The summed E-state index contributed by atoms with van der Waals surface area (Å²) in [7, 11) is 0. The van der Waals surface area contributed by atoms with Gasteiger partial charge in [0.05, 0.1) is 6.54 Å². The number of aromatic nitrogens is 3. The van der Waals surface area contributed by atoms with Crippen molar-refractivity contribution in [2.75, 3.05) is 5.32 Å². The zero-order valence-corrected chi connectivity index (χ0v) is 13.0. The molecule has 1 aliphatic carbocycles. The monoisotopic (exact) mass is 323 g/mol. The number of carbonyl (C=O) groups is 1. The normalized spacial score (nSPS) is 13.8. The van der Waals surface area contributed by atoms with Gasteiger partial charge in [-0.2, -0.15) is 0 Å². The van der Waals surface area contributed by atoms with E-state index in [-0.39, 0.29) is 11.7 Å². The fourth-order valence-electron chi connectivity index (χ4n) is 2.57. The van der Waals surface area contributed by atoms with Gasteiger partial charge in [-0.25, -0.2) is 14.3 Å². The molecule has 122 valence electrons. The minimum Gasteiger partial charge on any atom is -0.335 e. The molecule has 1 fully saturated rings. The van der Waals surface area contributed by atoms with Crippen molar-refractivity contribution in [1.82, 2.24) is 19.5 Å². The van der Waals surface area contributed by atoms with Crippen molar-refractivity contribution in [2.24, 2.45) is 0 Å². The lowest BCUT2D eigenvalue weighted by atomic mass is 10.2. The number of fused-ring (bicyclic) bond motifs is 1. The molecule has 0 bridgehead atoms. The maximum absolute atomic E-state index is 12.3. The molecule has 3 aromatic rings. The van der Waals surface area contributed by atoms with Gasteiger partial charge in [0.25, 0.3) is 0 Å². The Balaban J connectivity index is 1.53. The molecule has 2 N–H and O–H groups in total. The Morgan fingerprint density at radius 2 is 2.08 bits per heavy atom. The van der Waals surface area contributed by atoms with Crippen LogP contribution in [0.25, 0.3) is 5.65 Å². The molecule has 2 heterocycles. The number of hydrogen-bond donors (Lipinski definition) is 2.